The fraction of sp³-hybridized carbons (Fsp3) is 0.429. The Kier molecular flexibility index (Phi) is 5.98. The van der Waals surface area contributed by atoms with E-state index in [2.05, 4.69) is 26.7 Å². The van der Waals surface area contributed by atoms with Gasteiger partial charge < -0.3 is 20.1 Å². The van der Waals surface area contributed by atoms with Gasteiger partial charge in [-0.25, -0.2) is 13.9 Å². The molecule has 41 heavy (non-hydrogen) atoms. The van der Waals surface area contributed by atoms with E-state index in [1.54, 1.807) is 52.4 Å². The number of ether oxygens (including phenoxy) is 1. The number of likely N-dealkylation sites (tertiary alicyclic amines) is 1. The molecule has 2 N–H and O–H groups in total. The maximum Gasteiger partial charge on any atom is 0.414 e. The molecule has 5 heterocycles. The molecule has 4 aliphatic rings. The number of halogens is 1. The summed E-state index contributed by atoms with van der Waals surface area (Å²) >= 11 is 0. The molecule has 1 saturated carbocycles. The third-order valence-electron chi connectivity index (χ3n) is 8.78. The number of aromatic nitrogens is 4. The molecule has 0 bridgehead atoms. The maximum atomic E-state index is 15.3. The number of hydrogen-bond donors (Lipinski definition) is 2. The molecule has 210 valence electrons. The van der Waals surface area contributed by atoms with E-state index in [0.717, 1.165) is 0 Å². The normalized spacial score (nSPS) is 30.3. The molecule has 7 rings (SSSR count). The SMILES string of the molecule is N#CC1(c2ccc(-c3ccc(N4C[C@H](Cn5ccnn5)OC4=O)cc3F)cn2)[C@@H]2CN(C(=O)[C@@H]3C[C@@H](O)CN3)C[C@@H]21. The number of nitrogens with zero attached hydrogens (tertiary/aromatic N) is 7. The number of aliphatic hydroxyl groups excluding tert-OH is 1. The van der Waals surface area contributed by atoms with Crippen molar-refractivity contribution in [1.29, 1.82) is 5.26 Å². The number of rotatable bonds is 6. The first-order valence-electron chi connectivity index (χ1n) is 13.6. The van der Waals surface area contributed by atoms with Gasteiger partial charge in [-0.1, -0.05) is 11.3 Å². The molecule has 3 saturated heterocycles. The van der Waals surface area contributed by atoms with Gasteiger partial charge in [-0.05, 0) is 30.7 Å². The average molecular weight is 559 g/mol. The van der Waals surface area contributed by atoms with Crippen LogP contribution in [0.4, 0.5) is 14.9 Å². The van der Waals surface area contributed by atoms with Crippen molar-refractivity contribution in [3.05, 3.63) is 60.4 Å². The Bertz CT molecular complexity index is 1530. The summed E-state index contributed by atoms with van der Waals surface area (Å²) < 4.78 is 22.2. The summed E-state index contributed by atoms with van der Waals surface area (Å²) in [5.74, 6) is -0.560. The van der Waals surface area contributed by atoms with Gasteiger partial charge in [0.05, 0.1) is 48.9 Å². The molecular formula is C28H27FN8O4. The standard InChI is InChI=1S/C28H27FN8O4/c29-23-7-17(37-12-19(41-27(37)40)11-36-6-5-33-34-36)2-3-20(23)16-1-4-25(32-9-16)28(15-30)21-13-35(14-22(21)28)26(39)24-8-18(38)10-31-24/h1-7,9,18-19,21-22,24,31,38H,8,10-14H2/t18-,19+,21-,22+,24+,28?/m1/s1. The number of nitrogens with one attached hydrogen (secondary N) is 1. The highest BCUT2D eigenvalue weighted by Gasteiger charge is 2.71. The molecule has 2 aromatic heterocycles. The van der Waals surface area contributed by atoms with Crippen LogP contribution in [0.25, 0.3) is 11.1 Å². The van der Waals surface area contributed by atoms with Gasteiger partial charge in [-0.3, -0.25) is 14.7 Å². The van der Waals surface area contributed by atoms with E-state index in [0.29, 0.717) is 55.1 Å². The van der Waals surface area contributed by atoms with E-state index < -0.39 is 29.5 Å². The number of nitriles is 1. The van der Waals surface area contributed by atoms with Crippen LogP contribution in [0.1, 0.15) is 12.1 Å². The van der Waals surface area contributed by atoms with Crippen molar-refractivity contribution >= 4 is 17.7 Å². The average Bonchev–Trinajstić information content (AvgIpc) is 3.62. The van der Waals surface area contributed by atoms with Crippen LogP contribution in [0, 0.1) is 29.0 Å². The minimum absolute atomic E-state index is 0.00857. The van der Waals surface area contributed by atoms with Gasteiger partial charge in [-0.15, -0.1) is 5.10 Å². The van der Waals surface area contributed by atoms with Crippen molar-refractivity contribution in [2.45, 2.75) is 36.6 Å². The monoisotopic (exact) mass is 558 g/mol. The van der Waals surface area contributed by atoms with Crippen LogP contribution >= 0.6 is 0 Å². The molecule has 12 nitrogen and oxygen atoms in total. The summed E-state index contributed by atoms with van der Waals surface area (Å²) in [6, 6.07) is 10.1. The van der Waals surface area contributed by atoms with Crippen molar-refractivity contribution in [3.63, 3.8) is 0 Å². The molecule has 3 aliphatic heterocycles. The highest BCUT2D eigenvalue weighted by molar-refractivity contribution is 5.90. The maximum absolute atomic E-state index is 15.3. The second kappa shape index (κ2) is 9.60. The Hall–Kier alpha value is -4.41. The van der Waals surface area contributed by atoms with E-state index in [1.807, 2.05) is 0 Å². The van der Waals surface area contributed by atoms with Crippen molar-refractivity contribution in [2.75, 3.05) is 31.1 Å². The number of fused-ring (bicyclic) bond motifs is 1. The fourth-order valence-electron chi connectivity index (χ4n) is 6.61. The van der Waals surface area contributed by atoms with Crippen LogP contribution < -0.4 is 10.2 Å². The van der Waals surface area contributed by atoms with E-state index in [4.69, 9.17) is 4.74 Å². The molecule has 0 radical (unpaired) electrons. The van der Waals surface area contributed by atoms with Crippen LogP contribution in [-0.4, -0.2) is 86.4 Å². The van der Waals surface area contributed by atoms with Crippen LogP contribution in [0.5, 0.6) is 0 Å². The number of amides is 2. The summed E-state index contributed by atoms with van der Waals surface area (Å²) in [5, 5.41) is 30.5. The van der Waals surface area contributed by atoms with E-state index in [1.165, 1.54) is 11.0 Å². The number of pyridine rings is 1. The Balaban J connectivity index is 1.02. The molecule has 1 aromatic carbocycles. The van der Waals surface area contributed by atoms with Gasteiger partial charge in [0.25, 0.3) is 0 Å². The summed E-state index contributed by atoms with van der Waals surface area (Å²) in [7, 11) is 0. The number of aliphatic hydroxyl groups is 1. The fourth-order valence-corrected chi connectivity index (χ4v) is 6.61. The summed E-state index contributed by atoms with van der Waals surface area (Å²) in [6.45, 7) is 1.97. The van der Waals surface area contributed by atoms with E-state index in [9.17, 15) is 20.0 Å². The first kappa shape index (κ1) is 25.6. The van der Waals surface area contributed by atoms with Crippen LogP contribution in [-0.2, 0) is 21.5 Å². The van der Waals surface area contributed by atoms with Gasteiger partial charge in [0, 0.05) is 55.0 Å². The lowest BCUT2D eigenvalue weighted by atomic mass is 9.95. The van der Waals surface area contributed by atoms with E-state index in [-0.39, 0.29) is 30.3 Å². The second-order valence-electron chi connectivity index (χ2n) is 11.1. The number of piperidine rings is 1. The zero-order valence-corrected chi connectivity index (χ0v) is 21.9. The summed E-state index contributed by atoms with van der Waals surface area (Å²) in [5.41, 5.74) is 1.12. The predicted octanol–water partition coefficient (Wildman–Crippen LogP) is 1.08. The lowest BCUT2D eigenvalue weighted by Crippen LogP contribution is -2.44. The zero-order chi connectivity index (χ0) is 28.3. The van der Waals surface area contributed by atoms with E-state index >= 15 is 4.39 Å². The summed E-state index contributed by atoms with van der Waals surface area (Å²) in [4.78, 5) is 33.0. The molecule has 2 amide bonds. The van der Waals surface area contributed by atoms with Crippen molar-refractivity contribution < 1.29 is 23.8 Å². The first-order chi connectivity index (χ1) is 19.9. The Labute approximate surface area is 234 Å². The topological polar surface area (TPSA) is 149 Å². The molecule has 1 aliphatic carbocycles. The molecule has 1 unspecified atom stereocenters. The van der Waals surface area contributed by atoms with Gasteiger partial charge in [-0.2, -0.15) is 5.26 Å². The lowest BCUT2D eigenvalue weighted by molar-refractivity contribution is -0.132. The highest BCUT2D eigenvalue weighted by Crippen LogP contribution is 2.62. The van der Waals surface area contributed by atoms with Gasteiger partial charge in [0.2, 0.25) is 5.91 Å². The number of hydrogen-bond acceptors (Lipinski definition) is 9. The minimum Gasteiger partial charge on any atom is -0.442 e. The van der Waals surface area contributed by atoms with Crippen LogP contribution in [0.2, 0.25) is 0 Å². The number of anilines is 1. The molecule has 0 spiro atoms. The molecule has 6 atom stereocenters. The second-order valence-corrected chi connectivity index (χ2v) is 11.1. The lowest BCUT2D eigenvalue weighted by Gasteiger charge is -2.25. The molecule has 13 heteroatoms. The summed E-state index contributed by atoms with van der Waals surface area (Å²) in [6.07, 6.45) is 3.68. The third kappa shape index (κ3) is 4.22. The van der Waals surface area contributed by atoms with Crippen molar-refractivity contribution in [2.24, 2.45) is 11.8 Å². The molecular weight excluding hydrogens is 531 g/mol. The van der Waals surface area contributed by atoms with Gasteiger partial charge in [0.15, 0.2) is 0 Å². The predicted molar refractivity (Wildman–Crippen MR) is 141 cm³/mol. The number of carbonyl (C=O) groups is 2. The largest absolute Gasteiger partial charge is 0.442 e. The number of β-amino-alcohol motifs (C(OH)–C–C–N with tert-alkyl or cyclic N) is 1. The smallest absolute Gasteiger partial charge is 0.414 e. The Morgan fingerprint density at radius 1 is 1.24 bits per heavy atom. The number of cyclic esters (lactones) is 1. The van der Waals surface area contributed by atoms with Crippen molar-refractivity contribution in [3.8, 4) is 17.2 Å². The highest BCUT2D eigenvalue weighted by atomic mass is 19.1. The van der Waals surface area contributed by atoms with Gasteiger partial charge in [0.1, 0.15) is 17.3 Å². The minimum atomic E-state index is -0.765. The Morgan fingerprint density at radius 2 is 2.07 bits per heavy atom. The van der Waals surface area contributed by atoms with Gasteiger partial charge >= 0.3 is 6.09 Å². The third-order valence-corrected chi connectivity index (χ3v) is 8.78. The molecule has 4 fully saturated rings. The van der Waals surface area contributed by atoms with Crippen LogP contribution in [0.15, 0.2) is 48.9 Å². The van der Waals surface area contributed by atoms with Crippen LogP contribution in [0.3, 0.4) is 0 Å². The zero-order valence-electron chi connectivity index (χ0n) is 21.9. The Morgan fingerprint density at radius 3 is 2.71 bits per heavy atom. The quantitative estimate of drug-likeness (QED) is 0.453. The van der Waals surface area contributed by atoms with Crippen molar-refractivity contribution in [1.82, 2.24) is 30.2 Å². The number of carbonyl (C=O) groups excluding carboxylic acids is 2. The molecule has 3 aromatic rings. The number of benzene rings is 1. The first-order valence-corrected chi connectivity index (χ1v) is 13.6.